The zero-order valence-electron chi connectivity index (χ0n) is 15.4. The van der Waals surface area contributed by atoms with Gasteiger partial charge in [-0.05, 0) is 37.1 Å². The average Bonchev–Trinajstić information content (AvgIpc) is 2.61. The van der Waals surface area contributed by atoms with Gasteiger partial charge in [0.2, 0.25) is 0 Å². The van der Waals surface area contributed by atoms with Crippen LogP contribution in [0.4, 0.5) is 15.9 Å². The van der Waals surface area contributed by atoms with Crippen molar-refractivity contribution < 1.29 is 22.7 Å². The van der Waals surface area contributed by atoms with Crippen molar-refractivity contribution in [3.8, 4) is 0 Å². The molecule has 9 heteroatoms. The van der Waals surface area contributed by atoms with Crippen molar-refractivity contribution in [2.45, 2.75) is 31.6 Å². The first-order valence-electron chi connectivity index (χ1n) is 8.39. The smallest absolute Gasteiger partial charge is 0.339 e. The largest absolute Gasteiger partial charge is 0.478 e. The fourth-order valence-electron chi connectivity index (χ4n) is 2.55. The first-order chi connectivity index (χ1) is 12.7. The number of hydrogen-bond acceptors (Lipinski definition) is 5. The number of halogens is 1. The Kier molecular flexibility index (Phi) is 6.37. The molecular formula is C18H22FN3O4S. The number of rotatable bonds is 8. The van der Waals surface area contributed by atoms with Gasteiger partial charge in [-0.1, -0.05) is 19.4 Å². The Morgan fingerprint density at radius 2 is 2.04 bits per heavy atom. The Hall–Kier alpha value is -2.68. The standard InChI is InChI=1S/C18H22FN3O4S/c1-4-5-8-22(3)17-15(18(23)24)10-14(11-20-17)21-27(25,26)16-9-13(19)7-6-12(16)2/h6-7,9-11,21H,4-5,8H2,1-3H3,(H,23,24). The van der Waals surface area contributed by atoms with Gasteiger partial charge >= 0.3 is 5.97 Å². The highest BCUT2D eigenvalue weighted by Crippen LogP contribution is 2.24. The summed E-state index contributed by atoms with van der Waals surface area (Å²) in [6.07, 6.45) is 3.05. The first-order valence-corrected chi connectivity index (χ1v) is 9.87. The molecule has 0 aliphatic carbocycles. The lowest BCUT2D eigenvalue weighted by atomic mass is 10.2. The third-order valence-electron chi connectivity index (χ3n) is 4.00. The van der Waals surface area contributed by atoms with Crippen LogP contribution in [0.3, 0.4) is 0 Å². The Balaban J connectivity index is 2.38. The highest BCUT2D eigenvalue weighted by Gasteiger charge is 2.21. The van der Waals surface area contributed by atoms with E-state index < -0.39 is 21.8 Å². The number of aromatic nitrogens is 1. The minimum Gasteiger partial charge on any atom is -0.478 e. The van der Waals surface area contributed by atoms with Gasteiger partial charge in [-0.2, -0.15) is 0 Å². The molecule has 0 bridgehead atoms. The molecule has 0 unspecified atom stereocenters. The van der Waals surface area contributed by atoms with E-state index in [4.69, 9.17) is 0 Å². The molecule has 0 spiro atoms. The van der Waals surface area contributed by atoms with Crippen LogP contribution < -0.4 is 9.62 Å². The summed E-state index contributed by atoms with van der Waals surface area (Å²) in [5, 5.41) is 9.47. The van der Waals surface area contributed by atoms with Crippen LogP contribution in [0.1, 0.15) is 35.7 Å². The Bertz CT molecular complexity index is 948. The van der Waals surface area contributed by atoms with Crippen molar-refractivity contribution in [1.29, 1.82) is 0 Å². The molecule has 1 aromatic heterocycles. The van der Waals surface area contributed by atoms with E-state index in [0.717, 1.165) is 18.9 Å². The first kappa shape index (κ1) is 20.6. The molecule has 0 radical (unpaired) electrons. The predicted octanol–water partition coefficient (Wildman–Crippen LogP) is 3.26. The van der Waals surface area contributed by atoms with Crippen LogP contribution >= 0.6 is 0 Å². The summed E-state index contributed by atoms with van der Waals surface area (Å²) >= 11 is 0. The molecule has 0 fully saturated rings. The normalized spacial score (nSPS) is 11.3. The molecule has 2 aromatic rings. The number of hydrogen-bond donors (Lipinski definition) is 2. The molecule has 0 atom stereocenters. The summed E-state index contributed by atoms with van der Waals surface area (Å²) in [7, 11) is -2.37. The monoisotopic (exact) mass is 395 g/mol. The molecule has 2 rings (SSSR count). The number of carboxylic acid groups (broad SMARTS) is 1. The van der Waals surface area contributed by atoms with E-state index in [0.29, 0.717) is 12.1 Å². The number of carboxylic acids is 1. The Morgan fingerprint density at radius 1 is 1.33 bits per heavy atom. The van der Waals surface area contributed by atoms with Crippen molar-refractivity contribution >= 4 is 27.5 Å². The van der Waals surface area contributed by atoms with Gasteiger partial charge in [-0.15, -0.1) is 0 Å². The summed E-state index contributed by atoms with van der Waals surface area (Å²) in [5.74, 6) is -1.65. The van der Waals surface area contributed by atoms with Crippen molar-refractivity contribution in [3.05, 3.63) is 47.4 Å². The number of aromatic carboxylic acids is 1. The number of pyridine rings is 1. The minimum absolute atomic E-state index is 0.0105. The van der Waals surface area contributed by atoms with E-state index in [9.17, 15) is 22.7 Å². The van der Waals surface area contributed by atoms with E-state index in [1.807, 2.05) is 6.92 Å². The fourth-order valence-corrected chi connectivity index (χ4v) is 3.84. The molecule has 146 valence electrons. The molecule has 27 heavy (non-hydrogen) atoms. The fraction of sp³-hybridized carbons (Fsp3) is 0.333. The third-order valence-corrected chi connectivity index (χ3v) is 5.52. The lowest BCUT2D eigenvalue weighted by molar-refractivity contribution is 0.0697. The molecule has 0 aliphatic rings. The second-order valence-electron chi connectivity index (χ2n) is 6.19. The summed E-state index contributed by atoms with van der Waals surface area (Å²) in [6, 6.07) is 4.64. The second-order valence-corrected chi connectivity index (χ2v) is 7.84. The minimum atomic E-state index is -4.09. The van der Waals surface area contributed by atoms with Crippen LogP contribution in [0.15, 0.2) is 35.4 Å². The van der Waals surface area contributed by atoms with Crippen molar-refractivity contribution in [2.75, 3.05) is 23.2 Å². The number of aryl methyl sites for hydroxylation is 1. The number of anilines is 2. The Morgan fingerprint density at radius 3 is 2.67 bits per heavy atom. The average molecular weight is 395 g/mol. The molecule has 0 aliphatic heterocycles. The van der Waals surface area contributed by atoms with Crippen LogP contribution in [0, 0.1) is 12.7 Å². The van der Waals surface area contributed by atoms with Gasteiger partial charge in [0, 0.05) is 13.6 Å². The van der Waals surface area contributed by atoms with Gasteiger partial charge < -0.3 is 10.0 Å². The van der Waals surface area contributed by atoms with Crippen molar-refractivity contribution in [2.24, 2.45) is 0 Å². The van der Waals surface area contributed by atoms with E-state index in [1.54, 1.807) is 18.9 Å². The van der Waals surface area contributed by atoms with Crippen molar-refractivity contribution in [3.63, 3.8) is 0 Å². The SMILES string of the molecule is CCCCN(C)c1ncc(NS(=O)(=O)c2cc(F)ccc2C)cc1C(=O)O. The number of nitrogens with one attached hydrogen (secondary N) is 1. The molecule has 1 heterocycles. The van der Waals surface area contributed by atoms with Gasteiger partial charge in [0.1, 0.15) is 17.2 Å². The predicted molar refractivity (Wildman–Crippen MR) is 101 cm³/mol. The lowest BCUT2D eigenvalue weighted by Crippen LogP contribution is -2.23. The third kappa shape index (κ3) is 4.94. The van der Waals surface area contributed by atoms with Gasteiger partial charge in [0.15, 0.2) is 0 Å². The van der Waals surface area contributed by atoms with Gasteiger partial charge in [-0.25, -0.2) is 22.6 Å². The summed E-state index contributed by atoms with van der Waals surface area (Å²) < 4.78 is 40.8. The number of benzene rings is 1. The maximum atomic E-state index is 13.4. The molecule has 0 saturated heterocycles. The van der Waals surface area contributed by atoms with E-state index in [2.05, 4.69) is 9.71 Å². The molecule has 0 saturated carbocycles. The van der Waals surface area contributed by atoms with E-state index in [1.165, 1.54) is 24.4 Å². The number of unbranched alkanes of at least 4 members (excludes halogenated alkanes) is 1. The highest BCUT2D eigenvalue weighted by atomic mass is 32.2. The number of carbonyl (C=O) groups is 1. The Labute approximate surface area is 157 Å². The molecular weight excluding hydrogens is 373 g/mol. The lowest BCUT2D eigenvalue weighted by Gasteiger charge is -2.20. The van der Waals surface area contributed by atoms with Crippen LogP contribution in [0.2, 0.25) is 0 Å². The van der Waals surface area contributed by atoms with Crippen LogP contribution in [0.25, 0.3) is 0 Å². The zero-order valence-corrected chi connectivity index (χ0v) is 16.2. The van der Waals surface area contributed by atoms with Crippen LogP contribution in [-0.2, 0) is 10.0 Å². The number of nitrogens with zero attached hydrogens (tertiary/aromatic N) is 2. The van der Waals surface area contributed by atoms with Crippen LogP contribution in [0.5, 0.6) is 0 Å². The van der Waals surface area contributed by atoms with E-state index in [-0.39, 0.29) is 22.0 Å². The molecule has 2 N–H and O–H groups in total. The summed E-state index contributed by atoms with van der Waals surface area (Å²) in [5.41, 5.74) is 0.236. The molecule has 1 aromatic carbocycles. The maximum absolute atomic E-state index is 13.4. The maximum Gasteiger partial charge on any atom is 0.339 e. The van der Waals surface area contributed by atoms with Crippen molar-refractivity contribution in [1.82, 2.24) is 4.98 Å². The van der Waals surface area contributed by atoms with Gasteiger partial charge in [-0.3, -0.25) is 4.72 Å². The topological polar surface area (TPSA) is 99.6 Å². The van der Waals surface area contributed by atoms with Gasteiger partial charge in [0.05, 0.1) is 16.8 Å². The quantitative estimate of drug-likeness (QED) is 0.712. The summed E-state index contributed by atoms with van der Waals surface area (Å²) in [6.45, 7) is 4.18. The number of sulfonamides is 1. The van der Waals surface area contributed by atoms with Gasteiger partial charge in [0.25, 0.3) is 10.0 Å². The van der Waals surface area contributed by atoms with E-state index >= 15 is 0 Å². The van der Waals surface area contributed by atoms with Crippen LogP contribution in [-0.4, -0.2) is 38.1 Å². The molecule has 0 amide bonds. The molecule has 7 nitrogen and oxygen atoms in total. The second kappa shape index (κ2) is 8.34. The zero-order chi connectivity index (χ0) is 20.2. The summed E-state index contributed by atoms with van der Waals surface area (Å²) in [4.78, 5) is 17.2. The highest BCUT2D eigenvalue weighted by molar-refractivity contribution is 7.92.